The van der Waals surface area contributed by atoms with Crippen LogP contribution in [0.15, 0.2) is 231 Å². The molecule has 0 unspecified atom stereocenters. The number of nitrogens with zero attached hydrogens (tertiary/aromatic N) is 2. The molecule has 9 rings (SSSR count). The largest absolute Gasteiger partial charge is 0.509 e. The normalized spacial score (nSPS) is 11.4. The Kier molecular flexibility index (Phi) is 18.3. The van der Waals surface area contributed by atoms with E-state index in [9.17, 15) is 9.59 Å². The Bertz CT molecular complexity index is 3150. The van der Waals surface area contributed by atoms with Gasteiger partial charge in [0.15, 0.2) is 0 Å². The smallest absolute Gasteiger partial charge is 0.429 e. The Morgan fingerprint density at radius 2 is 0.550 bits per heavy atom. The maximum absolute atomic E-state index is 12.6. The summed E-state index contributed by atoms with van der Waals surface area (Å²) >= 11 is 0. The highest BCUT2D eigenvalue weighted by Gasteiger charge is 2.25. The molecule has 0 radical (unpaired) electrons. The zero-order valence-corrected chi connectivity index (χ0v) is 46.9. The molecule has 0 saturated heterocycles. The van der Waals surface area contributed by atoms with Crippen molar-refractivity contribution in [2.45, 2.75) is 104 Å². The lowest BCUT2D eigenvalue weighted by Crippen LogP contribution is -2.28. The molecule has 0 aliphatic carbocycles. The summed E-state index contributed by atoms with van der Waals surface area (Å²) < 4.78 is 22.4. The van der Waals surface area contributed by atoms with Crippen molar-refractivity contribution in [3.8, 4) is 44.5 Å². The molecule has 0 aliphatic heterocycles. The predicted molar refractivity (Wildman–Crippen MR) is 327 cm³/mol. The molecule has 0 heterocycles. The van der Waals surface area contributed by atoms with Gasteiger partial charge in [-0.1, -0.05) is 184 Å². The zero-order chi connectivity index (χ0) is 55.9. The van der Waals surface area contributed by atoms with Gasteiger partial charge < -0.3 is 28.7 Å². The highest BCUT2D eigenvalue weighted by molar-refractivity contribution is 5.82. The first-order valence-corrected chi connectivity index (χ1v) is 28.0. The van der Waals surface area contributed by atoms with Crippen LogP contribution in [-0.2, 0) is 32.2 Å². The topological polar surface area (TPSA) is 77.5 Å². The van der Waals surface area contributed by atoms with Crippen molar-refractivity contribution in [2.24, 2.45) is 0 Å². The Morgan fingerprint density at radius 3 is 0.800 bits per heavy atom. The van der Waals surface area contributed by atoms with Gasteiger partial charge in [0.25, 0.3) is 0 Å². The number of hydrogen-bond acceptors (Lipinski definition) is 8. The van der Waals surface area contributed by atoms with Crippen molar-refractivity contribution in [1.29, 1.82) is 0 Å². The minimum absolute atomic E-state index is 0.116. The van der Waals surface area contributed by atoms with Crippen molar-refractivity contribution >= 4 is 46.4 Å². The zero-order valence-electron chi connectivity index (χ0n) is 46.9. The van der Waals surface area contributed by atoms with Crippen molar-refractivity contribution in [3.05, 3.63) is 242 Å². The lowest BCUT2D eigenvalue weighted by Gasteiger charge is -2.26. The predicted octanol–water partition coefficient (Wildman–Crippen LogP) is 20.5. The number of carbonyl (C=O) groups is 2. The van der Waals surface area contributed by atoms with Gasteiger partial charge in [-0.2, -0.15) is 0 Å². The molecule has 0 amide bonds. The second kappa shape index (κ2) is 26.2. The molecule has 0 saturated carbocycles. The molecule has 0 N–H and O–H groups in total. The molecule has 80 heavy (non-hydrogen) atoms. The van der Waals surface area contributed by atoms with Gasteiger partial charge in [0.1, 0.15) is 24.4 Å². The maximum Gasteiger partial charge on any atom is 0.509 e. The van der Waals surface area contributed by atoms with Gasteiger partial charge in [0.2, 0.25) is 0 Å². The van der Waals surface area contributed by atoms with Crippen LogP contribution in [0, 0.1) is 0 Å². The number of benzene rings is 9. The number of unbranched alkanes of at least 4 members (excludes halogenated alkanes) is 2. The monoisotopic (exact) mass is 1060 g/mol. The van der Waals surface area contributed by atoms with Crippen LogP contribution in [0.4, 0.5) is 43.7 Å². The Hall–Kier alpha value is -8.88. The van der Waals surface area contributed by atoms with E-state index >= 15 is 0 Å². The van der Waals surface area contributed by atoms with Crippen LogP contribution >= 0.6 is 0 Å². The fourth-order valence-electron chi connectivity index (χ4n) is 9.81. The quantitative estimate of drug-likeness (QED) is 0.0621. The summed E-state index contributed by atoms with van der Waals surface area (Å²) in [7, 11) is 0. The first kappa shape index (κ1) is 55.9. The van der Waals surface area contributed by atoms with E-state index < -0.39 is 23.5 Å². The summed E-state index contributed by atoms with van der Waals surface area (Å²) in [5.41, 5.74) is 15.6. The first-order chi connectivity index (χ1) is 38.8. The van der Waals surface area contributed by atoms with E-state index in [2.05, 4.69) is 218 Å². The van der Waals surface area contributed by atoms with E-state index in [1.54, 1.807) is 0 Å². The van der Waals surface area contributed by atoms with Gasteiger partial charge in [0, 0.05) is 34.1 Å². The van der Waals surface area contributed by atoms with Crippen LogP contribution in [-0.4, -0.2) is 23.5 Å². The molecule has 9 aromatic carbocycles. The number of rotatable bonds is 22. The first-order valence-electron chi connectivity index (χ1n) is 28.0. The van der Waals surface area contributed by atoms with Crippen LogP contribution in [0.5, 0.6) is 0 Å². The molecule has 0 aliphatic rings. The average Bonchev–Trinajstić information content (AvgIpc) is 3.52. The van der Waals surface area contributed by atoms with Crippen LogP contribution in [0.3, 0.4) is 0 Å². The Labute approximate surface area is 473 Å². The molecule has 0 atom stereocenters. The van der Waals surface area contributed by atoms with E-state index in [0.29, 0.717) is 0 Å². The van der Waals surface area contributed by atoms with Gasteiger partial charge >= 0.3 is 12.3 Å². The lowest BCUT2D eigenvalue weighted by atomic mass is 9.99. The number of carbonyl (C=O) groups excluding carboxylic acids is 2. The van der Waals surface area contributed by atoms with Crippen molar-refractivity contribution in [1.82, 2.24) is 0 Å². The van der Waals surface area contributed by atoms with Crippen LogP contribution in [0.1, 0.15) is 91.2 Å². The highest BCUT2D eigenvalue weighted by Crippen LogP contribution is 2.40. The molecule has 0 fully saturated rings. The third kappa shape index (κ3) is 14.8. The van der Waals surface area contributed by atoms with Crippen LogP contribution < -0.4 is 9.80 Å². The van der Waals surface area contributed by atoms with E-state index in [4.69, 9.17) is 18.9 Å². The van der Waals surface area contributed by atoms with Crippen molar-refractivity contribution < 1.29 is 28.5 Å². The summed E-state index contributed by atoms with van der Waals surface area (Å²) in [4.78, 5) is 29.8. The summed E-state index contributed by atoms with van der Waals surface area (Å²) in [5, 5.41) is 0. The van der Waals surface area contributed by atoms with Crippen molar-refractivity contribution in [2.75, 3.05) is 9.80 Å². The van der Waals surface area contributed by atoms with Crippen LogP contribution in [0.2, 0.25) is 0 Å². The minimum Gasteiger partial charge on any atom is -0.429 e. The molecular weight excluding hydrogens is 989 g/mol. The number of ether oxygens (including phenoxy) is 4. The number of anilines is 6. The molecule has 8 heteroatoms. The molecule has 406 valence electrons. The van der Waals surface area contributed by atoms with Gasteiger partial charge in [0.05, 0.1) is 0 Å². The Balaban J connectivity index is 0.914. The molecule has 0 spiro atoms. The molecule has 9 aromatic rings. The van der Waals surface area contributed by atoms with E-state index in [0.717, 1.165) is 128 Å². The SMILES string of the molecule is CCCCC(C)(C)OC(=O)OCc1ccc(N(c2ccc(-c3ccccc3)cc2)c2ccc(-c3ccc(-c4ccc(N(c5ccc(COC(=O)OC(C)(C)CCCC)cc5)c5ccc(-c6ccccc6)cc5)cc4)cc3)cc2)cc1. The summed E-state index contributed by atoms with van der Waals surface area (Å²) in [5.74, 6) is 0. The second-order valence-electron chi connectivity index (χ2n) is 21.5. The minimum atomic E-state index is -0.657. The molecule has 0 aromatic heterocycles. The third-order valence-corrected chi connectivity index (χ3v) is 14.4. The van der Waals surface area contributed by atoms with E-state index in [1.165, 1.54) is 0 Å². The van der Waals surface area contributed by atoms with Gasteiger partial charge in [-0.15, -0.1) is 0 Å². The Morgan fingerprint density at radius 1 is 0.325 bits per heavy atom. The van der Waals surface area contributed by atoms with Gasteiger partial charge in [-0.05, 0) is 182 Å². The fourth-order valence-corrected chi connectivity index (χ4v) is 9.81. The van der Waals surface area contributed by atoms with E-state index in [1.807, 2.05) is 64.1 Å². The summed E-state index contributed by atoms with van der Waals surface area (Å²) in [6.45, 7) is 12.2. The van der Waals surface area contributed by atoms with Crippen LogP contribution in [0.25, 0.3) is 44.5 Å². The molecular formula is C72H72N2O6. The summed E-state index contributed by atoms with van der Waals surface area (Å²) in [6.07, 6.45) is 4.27. The second-order valence-corrected chi connectivity index (χ2v) is 21.5. The average molecular weight is 1060 g/mol. The van der Waals surface area contributed by atoms with Gasteiger partial charge in [-0.3, -0.25) is 0 Å². The highest BCUT2D eigenvalue weighted by atomic mass is 16.7. The fraction of sp³-hybridized carbons (Fsp3) is 0.222. The van der Waals surface area contributed by atoms with Gasteiger partial charge in [-0.25, -0.2) is 9.59 Å². The third-order valence-electron chi connectivity index (χ3n) is 14.4. The number of hydrogen-bond donors (Lipinski definition) is 0. The standard InChI is InChI=1S/C72H72N2O6/c1-7-9-49-71(3,4)79-69(75)77-51-53-21-37-63(38-22-53)73(65-41-29-59(30-42-65)55-17-13-11-14-18-55)67-45-33-61(34-46-67)57-25-27-58(28-26-57)62-35-47-68(48-36-62)74(66-43-31-60(32-44-66)56-19-15-12-16-20-56)64-39-23-54(24-40-64)52-78-70(76)80-72(5,6)50-10-8-2/h11-48H,7-10,49-52H2,1-6H3. The van der Waals surface area contributed by atoms with E-state index in [-0.39, 0.29) is 13.2 Å². The van der Waals surface area contributed by atoms with Crippen molar-refractivity contribution in [3.63, 3.8) is 0 Å². The molecule has 8 nitrogen and oxygen atoms in total. The lowest BCUT2D eigenvalue weighted by molar-refractivity contribution is -0.0255. The molecule has 0 bridgehead atoms. The summed E-state index contributed by atoms with van der Waals surface area (Å²) in [6, 6.07) is 80.3. The maximum atomic E-state index is 12.6.